The van der Waals surface area contributed by atoms with Crippen molar-refractivity contribution in [3.63, 3.8) is 0 Å². The Labute approximate surface area is 246 Å². The van der Waals surface area contributed by atoms with Gasteiger partial charge in [-0.15, -0.1) is 0 Å². The maximum Gasteiger partial charge on any atom is 0.260 e. The van der Waals surface area contributed by atoms with Gasteiger partial charge in [0.15, 0.2) is 5.13 Å². The van der Waals surface area contributed by atoms with Crippen molar-refractivity contribution in [3.8, 4) is 12.1 Å². The molecule has 0 saturated carbocycles. The number of carbonyl (C=O) groups is 1. The SMILES string of the molecule is N#CCCN(CCC#N)S(=O)(=O)c1ccc(C(=O)N(CCCN2CCOCC2)c2nc3ccc(Br)cc3s2)cc1. The number of nitriles is 2. The largest absolute Gasteiger partial charge is 0.379 e. The number of thiazole rings is 1. The smallest absolute Gasteiger partial charge is 0.260 e. The molecule has 1 saturated heterocycles. The molecule has 0 bridgehead atoms. The van der Waals surface area contributed by atoms with Crippen LogP contribution < -0.4 is 4.90 Å². The number of sulfonamides is 1. The van der Waals surface area contributed by atoms with Crippen LogP contribution in [0.4, 0.5) is 5.13 Å². The summed E-state index contributed by atoms with van der Waals surface area (Å²) < 4.78 is 34.8. The molecule has 3 aromatic rings. The molecule has 0 atom stereocenters. The molecule has 40 heavy (non-hydrogen) atoms. The number of halogens is 1. The Kier molecular flexibility index (Phi) is 10.6. The van der Waals surface area contributed by atoms with Gasteiger partial charge in [-0.25, -0.2) is 13.4 Å². The number of carbonyl (C=O) groups excluding carboxylic acids is 1. The van der Waals surface area contributed by atoms with Crippen LogP contribution in [-0.2, 0) is 14.8 Å². The molecule has 1 aliphatic rings. The van der Waals surface area contributed by atoms with Gasteiger partial charge in [-0.2, -0.15) is 14.8 Å². The number of nitrogens with zero attached hydrogens (tertiary/aromatic N) is 6. The number of rotatable bonds is 12. The van der Waals surface area contributed by atoms with Crippen molar-refractivity contribution in [3.05, 3.63) is 52.5 Å². The van der Waals surface area contributed by atoms with Crippen molar-refractivity contribution >= 4 is 58.5 Å². The van der Waals surface area contributed by atoms with Crippen LogP contribution in [-0.4, -0.2) is 81.0 Å². The zero-order valence-electron chi connectivity index (χ0n) is 21.8. The molecule has 1 aliphatic heterocycles. The molecular weight excluding hydrogens is 616 g/mol. The maximum atomic E-state index is 13.8. The summed E-state index contributed by atoms with van der Waals surface area (Å²) in [6, 6.07) is 15.5. The molecular formula is C27H29BrN6O4S2. The summed E-state index contributed by atoms with van der Waals surface area (Å²) in [5, 5.41) is 18.4. The predicted molar refractivity (Wildman–Crippen MR) is 157 cm³/mol. The monoisotopic (exact) mass is 644 g/mol. The topological polar surface area (TPSA) is 131 Å². The molecule has 1 aromatic heterocycles. The third-order valence-electron chi connectivity index (χ3n) is 6.46. The molecule has 210 valence electrons. The number of hydrogen-bond donors (Lipinski definition) is 0. The Morgan fingerprint density at radius 3 is 2.38 bits per heavy atom. The van der Waals surface area contributed by atoms with Gasteiger partial charge in [-0.05, 0) is 48.9 Å². The van der Waals surface area contributed by atoms with Gasteiger partial charge in [-0.3, -0.25) is 14.6 Å². The lowest BCUT2D eigenvalue weighted by atomic mass is 10.2. The number of amides is 1. The number of morpholine rings is 1. The van der Waals surface area contributed by atoms with Crippen molar-refractivity contribution in [1.29, 1.82) is 10.5 Å². The average molecular weight is 646 g/mol. The Bertz CT molecular complexity index is 1490. The van der Waals surface area contributed by atoms with E-state index in [1.54, 1.807) is 4.90 Å². The van der Waals surface area contributed by atoms with Gasteiger partial charge in [-0.1, -0.05) is 27.3 Å². The predicted octanol–water partition coefficient (Wildman–Crippen LogP) is 4.25. The lowest BCUT2D eigenvalue weighted by Gasteiger charge is -2.27. The highest BCUT2D eigenvalue weighted by molar-refractivity contribution is 9.10. The highest BCUT2D eigenvalue weighted by Gasteiger charge is 2.26. The second-order valence-corrected chi connectivity index (χ2v) is 13.0. The van der Waals surface area contributed by atoms with Crippen LogP contribution in [0.3, 0.4) is 0 Å². The van der Waals surface area contributed by atoms with E-state index in [1.165, 1.54) is 35.6 Å². The van der Waals surface area contributed by atoms with Gasteiger partial charge in [0.05, 0.1) is 40.5 Å². The zero-order chi connectivity index (χ0) is 28.5. The van der Waals surface area contributed by atoms with Crippen LogP contribution in [0.5, 0.6) is 0 Å². The van der Waals surface area contributed by atoms with Gasteiger partial charge in [0.1, 0.15) is 0 Å². The number of ether oxygens (including phenoxy) is 1. The minimum Gasteiger partial charge on any atom is -0.379 e. The number of anilines is 1. The first kappa shape index (κ1) is 30.1. The van der Waals surface area contributed by atoms with E-state index < -0.39 is 10.0 Å². The summed E-state index contributed by atoms with van der Waals surface area (Å²) in [4.78, 5) is 22.5. The molecule has 0 unspecified atom stereocenters. The van der Waals surface area contributed by atoms with Gasteiger partial charge in [0, 0.05) is 62.1 Å². The van der Waals surface area contributed by atoms with E-state index in [4.69, 9.17) is 20.2 Å². The van der Waals surface area contributed by atoms with Gasteiger partial charge in [0.25, 0.3) is 5.91 Å². The summed E-state index contributed by atoms with van der Waals surface area (Å²) in [5.74, 6) is -0.269. The van der Waals surface area contributed by atoms with Gasteiger partial charge >= 0.3 is 0 Å². The Morgan fingerprint density at radius 1 is 1.05 bits per heavy atom. The summed E-state index contributed by atoms with van der Waals surface area (Å²) in [7, 11) is -3.93. The van der Waals surface area contributed by atoms with Gasteiger partial charge in [0.2, 0.25) is 10.0 Å². The third kappa shape index (κ3) is 7.43. The third-order valence-corrected chi connectivity index (χ3v) is 9.91. The maximum absolute atomic E-state index is 13.8. The van der Waals surface area contributed by atoms with E-state index in [2.05, 4.69) is 20.8 Å². The van der Waals surface area contributed by atoms with Crippen LogP contribution >= 0.6 is 27.3 Å². The quantitative estimate of drug-likeness (QED) is 0.286. The van der Waals surface area contributed by atoms with Crippen LogP contribution in [0.1, 0.15) is 29.6 Å². The minimum absolute atomic E-state index is 0.00337. The minimum atomic E-state index is -3.93. The Hall–Kier alpha value is -2.91. The molecule has 2 heterocycles. The number of fused-ring (bicyclic) bond motifs is 1. The first-order valence-corrected chi connectivity index (χ1v) is 15.9. The fourth-order valence-corrected chi connectivity index (χ4v) is 7.32. The lowest BCUT2D eigenvalue weighted by Crippen LogP contribution is -2.39. The van der Waals surface area contributed by atoms with Crippen molar-refractivity contribution in [1.82, 2.24) is 14.2 Å². The van der Waals surface area contributed by atoms with Crippen molar-refractivity contribution < 1.29 is 17.9 Å². The molecule has 0 N–H and O–H groups in total. The summed E-state index contributed by atoms with van der Waals surface area (Å²) in [6.07, 6.45) is 0.767. The normalized spacial score (nSPS) is 14.2. The fraction of sp³-hybridized carbons (Fsp3) is 0.407. The van der Waals surface area contributed by atoms with Crippen molar-refractivity contribution in [2.75, 3.05) is 57.4 Å². The lowest BCUT2D eigenvalue weighted by molar-refractivity contribution is 0.0376. The van der Waals surface area contributed by atoms with E-state index in [9.17, 15) is 13.2 Å². The highest BCUT2D eigenvalue weighted by atomic mass is 79.9. The molecule has 1 fully saturated rings. The molecule has 0 aliphatic carbocycles. The summed E-state index contributed by atoms with van der Waals surface area (Å²) in [5.41, 5.74) is 1.14. The molecule has 2 aromatic carbocycles. The second kappa shape index (κ2) is 14.1. The van der Waals surface area contributed by atoms with Crippen LogP contribution in [0.25, 0.3) is 10.2 Å². The fourth-order valence-electron chi connectivity index (χ4n) is 4.34. The van der Waals surface area contributed by atoms with Crippen LogP contribution in [0, 0.1) is 22.7 Å². The number of aromatic nitrogens is 1. The molecule has 10 nitrogen and oxygen atoms in total. The highest BCUT2D eigenvalue weighted by Crippen LogP contribution is 2.32. The van der Waals surface area contributed by atoms with Crippen molar-refractivity contribution in [2.24, 2.45) is 0 Å². The number of benzene rings is 2. The second-order valence-electron chi connectivity index (χ2n) is 9.12. The van der Waals surface area contributed by atoms with E-state index in [0.29, 0.717) is 30.5 Å². The van der Waals surface area contributed by atoms with Gasteiger partial charge < -0.3 is 4.74 Å². The number of hydrogen-bond acceptors (Lipinski definition) is 9. The van der Waals surface area contributed by atoms with E-state index in [0.717, 1.165) is 45.0 Å². The molecule has 13 heteroatoms. The van der Waals surface area contributed by atoms with Crippen LogP contribution in [0.2, 0.25) is 0 Å². The Balaban J connectivity index is 1.57. The van der Waals surface area contributed by atoms with E-state index >= 15 is 0 Å². The summed E-state index contributed by atoms with van der Waals surface area (Å²) in [6.45, 7) is 4.38. The molecule has 0 radical (unpaired) electrons. The van der Waals surface area contributed by atoms with E-state index in [1.807, 2.05) is 30.3 Å². The molecule has 4 rings (SSSR count). The first-order chi connectivity index (χ1) is 19.3. The van der Waals surface area contributed by atoms with Crippen molar-refractivity contribution in [2.45, 2.75) is 24.2 Å². The van der Waals surface area contributed by atoms with Crippen LogP contribution in [0.15, 0.2) is 51.8 Å². The Morgan fingerprint density at radius 2 is 1.73 bits per heavy atom. The average Bonchev–Trinajstić information content (AvgIpc) is 3.38. The molecule has 0 spiro atoms. The first-order valence-electron chi connectivity index (χ1n) is 12.9. The van der Waals surface area contributed by atoms with E-state index in [-0.39, 0.29) is 36.7 Å². The zero-order valence-corrected chi connectivity index (χ0v) is 25.0. The summed E-state index contributed by atoms with van der Waals surface area (Å²) >= 11 is 4.92. The standard InChI is InChI=1S/C27H29BrN6O4S2/c28-22-6-9-24-25(20-22)39-27(31-24)34(15-3-12-32-16-18-38-19-17-32)26(35)21-4-7-23(8-5-21)40(36,37)33(13-1-10-29)14-2-11-30/h4-9,20H,1-3,12-19H2. The molecule has 1 amide bonds.